The zero-order chi connectivity index (χ0) is 14.1. The van der Waals surface area contributed by atoms with Gasteiger partial charge in [0.1, 0.15) is 5.69 Å². The molecule has 5 N–H and O–H groups in total. The fourth-order valence-corrected chi connectivity index (χ4v) is 1.25. The van der Waals surface area contributed by atoms with Crippen LogP contribution in [0.1, 0.15) is 10.5 Å². The molecule has 0 spiro atoms. The van der Waals surface area contributed by atoms with E-state index in [0.717, 1.165) is 0 Å². The maximum absolute atomic E-state index is 11.7. The second-order valence-electron chi connectivity index (χ2n) is 3.60. The third-order valence-electron chi connectivity index (χ3n) is 2.20. The minimum Gasteiger partial charge on any atom is -0.383 e. The maximum Gasteiger partial charge on any atom is 0.270 e. The number of anilines is 1. The molecular formula is C11H17N5O3. The van der Waals surface area contributed by atoms with Gasteiger partial charge in [0.15, 0.2) is 0 Å². The predicted molar refractivity (Wildman–Crippen MR) is 69.3 cm³/mol. The van der Waals surface area contributed by atoms with Gasteiger partial charge in [0.05, 0.1) is 18.8 Å². The van der Waals surface area contributed by atoms with Crippen LogP contribution in [0, 0.1) is 0 Å². The largest absolute Gasteiger partial charge is 0.383 e. The lowest BCUT2D eigenvalue weighted by atomic mass is 10.3. The third-order valence-corrected chi connectivity index (χ3v) is 2.20. The number of rotatable bonds is 7. The lowest BCUT2D eigenvalue weighted by Crippen LogP contribution is -2.38. The number of methoxy groups -OCH3 is 1. The minimum absolute atomic E-state index is 0.121. The van der Waals surface area contributed by atoms with Gasteiger partial charge in [0.25, 0.3) is 5.91 Å². The summed E-state index contributed by atoms with van der Waals surface area (Å²) in [5.41, 5.74) is 3.15. The van der Waals surface area contributed by atoms with Gasteiger partial charge in [-0.2, -0.15) is 0 Å². The molecule has 0 saturated heterocycles. The molecule has 0 aromatic carbocycles. The summed E-state index contributed by atoms with van der Waals surface area (Å²) in [7, 11) is 1.54. The number of pyridine rings is 1. The van der Waals surface area contributed by atoms with Gasteiger partial charge in [0, 0.05) is 19.9 Å². The van der Waals surface area contributed by atoms with E-state index < -0.39 is 5.91 Å². The van der Waals surface area contributed by atoms with Gasteiger partial charge in [-0.1, -0.05) is 0 Å². The number of hydrazine groups is 1. The van der Waals surface area contributed by atoms with E-state index in [9.17, 15) is 9.59 Å². The van der Waals surface area contributed by atoms with Crippen LogP contribution in [-0.2, 0) is 9.53 Å². The molecule has 19 heavy (non-hydrogen) atoms. The first-order valence-corrected chi connectivity index (χ1v) is 5.64. The molecule has 1 heterocycles. The average molecular weight is 267 g/mol. The van der Waals surface area contributed by atoms with Crippen molar-refractivity contribution in [1.29, 1.82) is 0 Å². The van der Waals surface area contributed by atoms with E-state index in [1.165, 1.54) is 19.4 Å². The van der Waals surface area contributed by atoms with Gasteiger partial charge in [-0.15, -0.1) is 0 Å². The second-order valence-corrected chi connectivity index (χ2v) is 3.60. The summed E-state index contributed by atoms with van der Waals surface area (Å²) >= 11 is 0. The van der Waals surface area contributed by atoms with Crippen LogP contribution in [0.2, 0.25) is 0 Å². The Morgan fingerprint density at radius 1 is 1.42 bits per heavy atom. The van der Waals surface area contributed by atoms with E-state index in [4.69, 9.17) is 10.6 Å². The molecule has 0 aliphatic heterocycles. The number of carbonyl (C=O) groups excluding carboxylic acids is 2. The number of nitrogens with zero attached hydrogens (tertiary/aromatic N) is 1. The summed E-state index contributed by atoms with van der Waals surface area (Å²) in [6.07, 6.45) is 1.45. The zero-order valence-corrected chi connectivity index (χ0v) is 10.6. The Morgan fingerprint density at radius 3 is 2.89 bits per heavy atom. The Hall–Kier alpha value is -2.19. The van der Waals surface area contributed by atoms with E-state index in [1.54, 1.807) is 6.07 Å². The number of hydrogen-bond acceptors (Lipinski definition) is 6. The highest BCUT2D eigenvalue weighted by atomic mass is 16.5. The van der Waals surface area contributed by atoms with E-state index >= 15 is 0 Å². The zero-order valence-electron chi connectivity index (χ0n) is 10.6. The number of ether oxygens (including phenoxy) is 1. The van der Waals surface area contributed by atoms with Crippen LogP contribution in [0.3, 0.4) is 0 Å². The van der Waals surface area contributed by atoms with Crippen molar-refractivity contribution in [2.75, 3.05) is 32.2 Å². The molecule has 1 aromatic heterocycles. The van der Waals surface area contributed by atoms with Crippen molar-refractivity contribution in [2.24, 2.45) is 5.84 Å². The molecule has 1 aromatic rings. The summed E-state index contributed by atoms with van der Waals surface area (Å²) < 4.78 is 4.78. The SMILES string of the molecule is COCCNC(=O)CNC(=O)c1cc(NN)ccn1. The molecule has 2 amide bonds. The van der Waals surface area contributed by atoms with E-state index in [0.29, 0.717) is 18.8 Å². The maximum atomic E-state index is 11.7. The fourth-order valence-electron chi connectivity index (χ4n) is 1.25. The molecule has 0 unspecified atom stereocenters. The average Bonchev–Trinajstić information content (AvgIpc) is 2.45. The molecule has 0 aliphatic carbocycles. The van der Waals surface area contributed by atoms with Crippen LogP contribution in [0.25, 0.3) is 0 Å². The summed E-state index contributed by atoms with van der Waals surface area (Å²) in [5, 5.41) is 5.04. The highest BCUT2D eigenvalue weighted by Crippen LogP contribution is 2.05. The molecule has 0 atom stereocenters. The Kier molecular flexibility index (Phi) is 6.27. The molecule has 0 bridgehead atoms. The van der Waals surface area contributed by atoms with Crippen molar-refractivity contribution in [3.8, 4) is 0 Å². The van der Waals surface area contributed by atoms with Gasteiger partial charge < -0.3 is 20.8 Å². The second kappa shape index (κ2) is 8.01. The summed E-state index contributed by atoms with van der Waals surface area (Å²) in [4.78, 5) is 26.9. The predicted octanol–water partition coefficient (Wildman–Crippen LogP) is -1.14. The van der Waals surface area contributed by atoms with Gasteiger partial charge in [0.2, 0.25) is 5.91 Å². The fraction of sp³-hybridized carbons (Fsp3) is 0.364. The summed E-state index contributed by atoms with van der Waals surface area (Å²) in [5.74, 6) is 4.49. The molecule has 0 radical (unpaired) electrons. The highest BCUT2D eigenvalue weighted by molar-refractivity contribution is 5.95. The van der Waals surface area contributed by atoms with Crippen molar-refractivity contribution in [3.63, 3.8) is 0 Å². The Labute approximate surface area is 110 Å². The first kappa shape index (κ1) is 14.9. The normalized spacial score (nSPS) is 9.79. The first-order valence-electron chi connectivity index (χ1n) is 5.64. The highest BCUT2D eigenvalue weighted by Gasteiger charge is 2.09. The number of aromatic nitrogens is 1. The van der Waals surface area contributed by atoms with Crippen LogP contribution >= 0.6 is 0 Å². The summed E-state index contributed by atoms with van der Waals surface area (Å²) in [6.45, 7) is 0.700. The van der Waals surface area contributed by atoms with Gasteiger partial charge in [-0.05, 0) is 12.1 Å². The third kappa shape index (κ3) is 5.32. The minimum atomic E-state index is -0.445. The van der Waals surface area contributed by atoms with E-state index in [-0.39, 0.29) is 18.1 Å². The molecule has 0 fully saturated rings. The summed E-state index contributed by atoms with van der Waals surface area (Å²) in [6, 6.07) is 3.10. The molecule has 8 heteroatoms. The van der Waals surface area contributed by atoms with Crippen LogP contribution < -0.4 is 21.9 Å². The smallest absolute Gasteiger partial charge is 0.270 e. The van der Waals surface area contributed by atoms with E-state index in [1.807, 2.05) is 0 Å². The van der Waals surface area contributed by atoms with Crippen molar-refractivity contribution in [2.45, 2.75) is 0 Å². The Bertz CT molecular complexity index is 438. The van der Waals surface area contributed by atoms with Crippen molar-refractivity contribution in [1.82, 2.24) is 15.6 Å². The van der Waals surface area contributed by atoms with E-state index in [2.05, 4.69) is 21.0 Å². The molecule has 1 rings (SSSR count). The quantitative estimate of drug-likeness (QED) is 0.282. The number of hydrogen-bond donors (Lipinski definition) is 4. The molecular weight excluding hydrogens is 250 g/mol. The Balaban J connectivity index is 2.40. The lowest BCUT2D eigenvalue weighted by Gasteiger charge is -2.07. The van der Waals surface area contributed by atoms with Gasteiger partial charge >= 0.3 is 0 Å². The molecule has 0 aliphatic rings. The topological polar surface area (TPSA) is 118 Å². The van der Waals surface area contributed by atoms with Gasteiger partial charge in [-0.25, -0.2) is 0 Å². The molecule has 0 saturated carbocycles. The number of nitrogens with one attached hydrogen (secondary N) is 3. The van der Waals surface area contributed by atoms with Gasteiger partial charge in [-0.3, -0.25) is 20.4 Å². The first-order chi connectivity index (χ1) is 9.17. The molecule has 104 valence electrons. The van der Waals surface area contributed by atoms with Crippen LogP contribution in [0.15, 0.2) is 18.3 Å². The number of nitrogens with two attached hydrogens (primary N) is 1. The number of amides is 2. The van der Waals surface area contributed by atoms with Crippen molar-refractivity contribution in [3.05, 3.63) is 24.0 Å². The molecule has 8 nitrogen and oxygen atoms in total. The number of carbonyl (C=O) groups is 2. The lowest BCUT2D eigenvalue weighted by molar-refractivity contribution is -0.120. The van der Waals surface area contributed by atoms with Crippen LogP contribution in [0.4, 0.5) is 5.69 Å². The standard InChI is InChI=1S/C11H17N5O3/c1-19-5-4-14-10(17)7-15-11(18)9-6-8(16-12)2-3-13-9/h2-3,6H,4-5,7,12H2,1H3,(H,13,16)(H,14,17)(H,15,18). The Morgan fingerprint density at radius 2 is 2.21 bits per heavy atom. The van der Waals surface area contributed by atoms with Crippen molar-refractivity contribution < 1.29 is 14.3 Å². The van der Waals surface area contributed by atoms with Crippen LogP contribution in [0.5, 0.6) is 0 Å². The monoisotopic (exact) mass is 267 g/mol. The van der Waals surface area contributed by atoms with Crippen molar-refractivity contribution >= 4 is 17.5 Å². The number of nitrogen functional groups attached to an aromatic ring is 1. The van der Waals surface area contributed by atoms with Crippen LogP contribution in [-0.4, -0.2) is 43.6 Å².